The van der Waals surface area contributed by atoms with Crippen LogP contribution in [0.25, 0.3) is 6.08 Å². The van der Waals surface area contributed by atoms with Crippen LogP contribution in [0.2, 0.25) is 0 Å². The number of hydrogen-bond acceptors (Lipinski definition) is 4. The van der Waals surface area contributed by atoms with E-state index in [9.17, 15) is 5.11 Å². The van der Waals surface area contributed by atoms with Crippen LogP contribution in [0, 0.1) is 4.77 Å². The van der Waals surface area contributed by atoms with E-state index in [1.165, 1.54) is 6.34 Å². The Morgan fingerprint density at radius 2 is 2.18 bits per heavy atom. The average molecular weight is 244 g/mol. The molecule has 5 nitrogen and oxygen atoms in total. The maximum Gasteiger partial charge on any atom is 0.215 e. The quantitative estimate of drug-likeness (QED) is 0.652. The van der Waals surface area contributed by atoms with Crippen LogP contribution >= 0.6 is 12.2 Å². The standard InChI is InChI=1S/C11H8N4OS/c16-10-9(14-11(17)15-10)4-6-1-2-7-8(3-6)13-5-12-7/h1-5,16H,(H2,14,15,17). The molecule has 0 saturated heterocycles. The summed E-state index contributed by atoms with van der Waals surface area (Å²) in [6.45, 7) is 0. The largest absolute Gasteiger partial charge is 0.493 e. The lowest BCUT2D eigenvalue weighted by atomic mass is 10.2. The van der Waals surface area contributed by atoms with Crippen LogP contribution in [0.4, 0.5) is 5.69 Å². The Morgan fingerprint density at radius 1 is 1.29 bits per heavy atom. The van der Waals surface area contributed by atoms with E-state index in [-0.39, 0.29) is 5.88 Å². The van der Waals surface area contributed by atoms with Gasteiger partial charge in [-0.25, -0.2) is 9.98 Å². The molecule has 0 radical (unpaired) electrons. The molecule has 1 aromatic heterocycles. The van der Waals surface area contributed by atoms with Gasteiger partial charge in [-0.2, -0.15) is 0 Å². The van der Waals surface area contributed by atoms with E-state index < -0.39 is 0 Å². The second-order valence-electron chi connectivity index (χ2n) is 3.61. The Hall–Kier alpha value is -2.21. The van der Waals surface area contributed by atoms with Crippen LogP contribution in [0.3, 0.4) is 0 Å². The minimum atomic E-state index is 0.0312. The lowest BCUT2D eigenvalue weighted by Gasteiger charge is -1.91. The minimum absolute atomic E-state index is 0.0312. The van der Waals surface area contributed by atoms with Gasteiger partial charge in [0, 0.05) is 0 Å². The van der Waals surface area contributed by atoms with Gasteiger partial charge in [0.15, 0.2) is 4.77 Å². The summed E-state index contributed by atoms with van der Waals surface area (Å²) in [5, 5.41) is 11.3. The molecule has 1 aliphatic heterocycles. The molecule has 84 valence electrons. The highest BCUT2D eigenvalue weighted by Gasteiger charge is 2.01. The van der Waals surface area contributed by atoms with Crippen molar-refractivity contribution in [2.24, 2.45) is 9.98 Å². The number of H-pyrrole nitrogens is 2. The number of nitrogens with one attached hydrogen (secondary N) is 2. The highest BCUT2D eigenvalue weighted by Crippen LogP contribution is 2.11. The first kappa shape index (κ1) is 9.98. The normalized spacial score (nSPS) is 13.8. The maximum absolute atomic E-state index is 9.55. The molecule has 2 heterocycles. The van der Waals surface area contributed by atoms with Crippen molar-refractivity contribution in [1.29, 1.82) is 0 Å². The number of aliphatic imine (C=N–C) groups is 1. The Kier molecular flexibility index (Phi) is 2.15. The summed E-state index contributed by atoms with van der Waals surface area (Å²) in [6.07, 6.45) is 3.31. The van der Waals surface area contributed by atoms with Crippen molar-refractivity contribution >= 4 is 30.3 Å². The van der Waals surface area contributed by atoms with Crippen molar-refractivity contribution in [3.05, 3.63) is 39.2 Å². The van der Waals surface area contributed by atoms with Gasteiger partial charge < -0.3 is 15.1 Å². The number of nitrogens with zero attached hydrogens (tertiary/aromatic N) is 2. The molecule has 0 fully saturated rings. The molecule has 3 rings (SSSR count). The monoisotopic (exact) mass is 244 g/mol. The molecule has 1 aliphatic rings. The summed E-state index contributed by atoms with van der Waals surface area (Å²) in [7, 11) is 0. The van der Waals surface area contributed by atoms with Gasteiger partial charge in [0.05, 0.1) is 11.0 Å². The Labute approximate surface area is 101 Å². The van der Waals surface area contributed by atoms with Gasteiger partial charge in [-0.3, -0.25) is 0 Å². The average Bonchev–Trinajstić information content (AvgIpc) is 2.85. The highest BCUT2D eigenvalue weighted by molar-refractivity contribution is 7.71. The van der Waals surface area contributed by atoms with Gasteiger partial charge in [-0.1, -0.05) is 6.07 Å². The van der Waals surface area contributed by atoms with Crippen molar-refractivity contribution < 1.29 is 5.11 Å². The SMILES string of the molecule is Oc1[nH]c(=S)[nH]c1C=c1ccc2c(c1)N=CN=2. The maximum atomic E-state index is 9.55. The summed E-state index contributed by atoms with van der Waals surface area (Å²) < 4.78 is 0.392. The van der Waals surface area contributed by atoms with Crippen molar-refractivity contribution in [2.45, 2.75) is 0 Å². The lowest BCUT2D eigenvalue weighted by Crippen LogP contribution is -2.06. The van der Waals surface area contributed by atoms with E-state index in [0.717, 1.165) is 16.3 Å². The van der Waals surface area contributed by atoms with Gasteiger partial charge in [0.2, 0.25) is 5.88 Å². The van der Waals surface area contributed by atoms with Crippen LogP contribution < -0.4 is 10.6 Å². The van der Waals surface area contributed by atoms with E-state index in [1.54, 1.807) is 6.08 Å². The zero-order valence-electron chi connectivity index (χ0n) is 8.64. The molecule has 17 heavy (non-hydrogen) atoms. The summed E-state index contributed by atoms with van der Waals surface area (Å²) in [6, 6.07) is 5.68. The molecule has 0 unspecified atom stereocenters. The van der Waals surface area contributed by atoms with Gasteiger partial charge in [0.1, 0.15) is 12.0 Å². The minimum Gasteiger partial charge on any atom is -0.493 e. The van der Waals surface area contributed by atoms with Crippen LogP contribution in [0.5, 0.6) is 5.88 Å². The molecular weight excluding hydrogens is 236 g/mol. The fourth-order valence-corrected chi connectivity index (χ4v) is 1.86. The molecule has 0 atom stereocenters. The molecular formula is C11H8N4OS. The first-order valence-corrected chi connectivity index (χ1v) is 5.36. The van der Waals surface area contributed by atoms with E-state index in [4.69, 9.17) is 12.2 Å². The third kappa shape index (κ3) is 1.78. The van der Waals surface area contributed by atoms with E-state index in [2.05, 4.69) is 20.0 Å². The third-order valence-corrected chi connectivity index (χ3v) is 2.64. The third-order valence-electron chi connectivity index (χ3n) is 2.44. The number of aromatic nitrogens is 2. The van der Waals surface area contributed by atoms with Crippen molar-refractivity contribution in [3.8, 4) is 5.88 Å². The van der Waals surface area contributed by atoms with Crippen LogP contribution in [0.15, 0.2) is 28.2 Å². The second-order valence-corrected chi connectivity index (χ2v) is 4.02. The van der Waals surface area contributed by atoms with Gasteiger partial charge in [-0.15, -0.1) is 0 Å². The number of aromatic amines is 2. The lowest BCUT2D eigenvalue weighted by molar-refractivity contribution is 0.455. The predicted octanol–water partition coefficient (Wildman–Crippen LogP) is 0.900. The first-order chi connectivity index (χ1) is 8.22. The summed E-state index contributed by atoms with van der Waals surface area (Å²) in [5.41, 5.74) is 1.38. The van der Waals surface area contributed by atoms with Crippen molar-refractivity contribution in [3.63, 3.8) is 0 Å². The second kappa shape index (κ2) is 3.67. The number of hydrogen-bond donors (Lipinski definition) is 3. The topological polar surface area (TPSA) is 76.5 Å². The summed E-state index contributed by atoms with van der Waals surface area (Å²) in [5.74, 6) is 0.0312. The zero-order chi connectivity index (χ0) is 11.8. The molecule has 1 aromatic carbocycles. The van der Waals surface area contributed by atoms with E-state index in [0.29, 0.717) is 10.5 Å². The van der Waals surface area contributed by atoms with Crippen LogP contribution in [-0.4, -0.2) is 21.4 Å². The van der Waals surface area contributed by atoms with Gasteiger partial charge in [-0.05, 0) is 35.6 Å². The first-order valence-electron chi connectivity index (χ1n) is 4.96. The molecule has 0 amide bonds. The smallest absolute Gasteiger partial charge is 0.215 e. The van der Waals surface area contributed by atoms with E-state index in [1.807, 2.05) is 18.2 Å². The Morgan fingerprint density at radius 3 is 2.94 bits per heavy atom. The number of benzene rings is 1. The van der Waals surface area contributed by atoms with Crippen LogP contribution in [-0.2, 0) is 0 Å². The number of imidazole rings is 1. The molecule has 2 aromatic rings. The predicted molar refractivity (Wildman–Crippen MR) is 66.6 cm³/mol. The molecule has 3 N–H and O–H groups in total. The van der Waals surface area contributed by atoms with E-state index >= 15 is 0 Å². The number of aromatic hydroxyl groups is 1. The molecule has 0 aliphatic carbocycles. The number of fused-ring (bicyclic) bond motifs is 1. The van der Waals surface area contributed by atoms with Crippen LogP contribution in [0.1, 0.15) is 5.69 Å². The number of rotatable bonds is 1. The van der Waals surface area contributed by atoms with Gasteiger partial charge >= 0.3 is 0 Å². The fraction of sp³-hybridized carbons (Fsp3) is 0. The molecule has 0 bridgehead atoms. The van der Waals surface area contributed by atoms with Crippen molar-refractivity contribution in [2.75, 3.05) is 0 Å². The molecule has 0 saturated carbocycles. The molecule has 6 heteroatoms. The summed E-state index contributed by atoms with van der Waals surface area (Å²) >= 11 is 4.89. The Balaban J connectivity index is 2.17. The fourth-order valence-electron chi connectivity index (χ4n) is 1.65. The molecule has 0 spiro atoms. The highest BCUT2D eigenvalue weighted by atomic mass is 32.1. The zero-order valence-corrected chi connectivity index (χ0v) is 9.45. The van der Waals surface area contributed by atoms with Gasteiger partial charge in [0.25, 0.3) is 0 Å². The Bertz CT molecular complexity index is 785. The summed E-state index contributed by atoms with van der Waals surface area (Å²) in [4.78, 5) is 13.7. The van der Waals surface area contributed by atoms with Crippen molar-refractivity contribution in [1.82, 2.24) is 9.97 Å².